The summed E-state index contributed by atoms with van der Waals surface area (Å²) in [4.78, 5) is 36.8. The molecule has 1 unspecified atom stereocenters. The number of Topliss-reactive ketones (excluding diaryl/α,β-unsaturated/α-hetero) is 1. The first-order valence-corrected chi connectivity index (χ1v) is 7.79. The Kier molecular flexibility index (Phi) is 5.89. The molecule has 1 aliphatic rings. The van der Waals surface area contributed by atoms with E-state index >= 15 is 0 Å². The van der Waals surface area contributed by atoms with Crippen LogP contribution in [0.4, 0.5) is 4.39 Å². The van der Waals surface area contributed by atoms with E-state index in [-0.39, 0.29) is 42.4 Å². The van der Waals surface area contributed by atoms with Gasteiger partial charge < -0.3 is 14.7 Å². The monoisotopic (exact) mass is 337 g/mol. The Balaban J connectivity index is 1.90. The summed E-state index contributed by atoms with van der Waals surface area (Å²) in [6, 6.07) is 3.91. The minimum atomic E-state index is -0.905. The van der Waals surface area contributed by atoms with Gasteiger partial charge in [-0.15, -0.1) is 0 Å². The van der Waals surface area contributed by atoms with Gasteiger partial charge in [-0.25, -0.2) is 4.39 Å². The maximum Gasteiger partial charge on any atom is 0.308 e. The smallest absolute Gasteiger partial charge is 0.308 e. The molecule has 1 amide bonds. The van der Waals surface area contributed by atoms with E-state index < -0.39 is 17.7 Å². The third-order valence-corrected chi connectivity index (χ3v) is 4.16. The van der Waals surface area contributed by atoms with E-state index in [0.717, 1.165) is 6.07 Å². The lowest BCUT2D eigenvalue weighted by molar-refractivity contribution is -0.145. The van der Waals surface area contributed by atoms with Crippen LogP contribution in [0.1, 0.15) is 36.0 Å². The number of piperidine rings is 1. The largest absolute Gasteiger partial charge is 0.494 e. The van der Waals surface area contributed by atoms with Gasteiger partial charge in [-0.2, -0.15) is 0 Å². The van der Waals surface area contributed by atoms with Crippen LogP contribution in [0.5, 0.6) is 5.75 Å². The molecule has 2 rings (SSSR count). The Bertz CT molecular complexity index is 646. The zero-order valence-electron chi connectivity index (χ0n) is 13.5. The van der Waals surface area contributed by atoms with Crippen LogP contribution >= 0.6 is 0 Å². The van der Waals surface area contributed by atoms with E-state index in [1.165, 1.54) is 24.1 Å². The molecule has 6 nitrogen and oxygen atoms in total. The number of carbonyl (C=O) groups is 3. The highest BCUT2D eigenvalue weighted by atomic mass is 19.1. The molecule has 1 atom stereocenters. The average Bonchev–Trinajstić information content (AvgIpc) is 2.59. The Morgan fingerprint density at radius 2 is 2.08 bits per heavy atom. The minimum absolute atomic E-state index is 0.0151. The quantitative estimate of drug-likeness (QED) is 0.804. The maximum atomic E-state index is 13.6. The Labute approximate surface area is 139 Å². The fourth-order valence-electron chi connectivity index (χ4n) is 2.77. The lowest BCUT2D eigenvalue weighted by atomic mass is 9.97. The standard InChI is InChI=1S/C17H20FNO5/c1-24-15-6-4-11(9-13(15)18)14(20)5-7-16(21)19-8-2-3-12(10-19)17(22)23/h4,6,9,12H,2-3,5,7-8,10H2,1H3,(H,22,23). The van der Waals surface area contributed by atoms with Gasteiger partial charge in [-0.05, 0) is 31.0 Å². The number of hydrogen-bond donors (Lipinski definition) is 1. The average molecular weight is 337 g/mol. The molecule has 1 heterocycles. The number of aliphatic carboxylic acids is 1. The van der Waals surface area contributed by atoms with Gasteiger partial charge in [0.15, 0.2) is 17.3 Å². The topological polar surface area (TPSA) is 83.9 Å². The van der Waals surface area contributed by atoms with Crippen LogP contribution in [0.2, 0.25) is 0 Å². The number of methoxy groups -OCH3 is 1. The number of carboxylic acids is 1. The molecule has 1 saturated heterocycles. The molecule has 0 aromatic heterocycles. The summed E-state index contributed by atoms with van der Waals surface area (Å²) in [5, 5.41) is 9.04. The van der Waals surface area contributed by atoms with Gasteiger partial charge >= 0.3 is 5.97 Å². The zero-order chi connectivity index (χ0) is 17.7. The van der Waals surface area contributed by atoms with Crippen molar-refractivity contribution in [3.8, 4) is 5.75 Å². The summed E-state index contributed by atoms with van der Waals surface area (Å²) in [7, 11) is 1.33. The number of likely N-dealkylation sites (tertiary alicyclic amines) is 1. The lowest BCUT2D eigenvalue weighted by Gasteiger charge is -2.30. The van der Waals surface area contributed by atoms with Crippen molar-refractivity contribution in [2.45, 2.75) is 25.7 Å². The number of nitrogens with zero attached hydrogens (tertiary/aromatic N) is 1. The number of ether oxygens (including phenoxy) is 1. The highest BCUT2D eigenvalue weighted by molar-refractivity contribution is 5.98. The molecule has 130 valence electrons. The minimum Gasteiger partial charge on any atom is -0.494 e. The van der Waals surface area contributed by atoms with E-state index in [2.05, 4.69) is 0 Å². The second kappa shape index (κ2) is 7.90. The van der Waals surface area contributed by atoms with E-state index in [1.807, 2.05) is 0 Å². The van der Waals surface area contributed by atoms with Crippen molar-refractivity contribution in [2.24, 2.45) is 5.92 Å². The van der Waals surface area contributed by atoms with E-state index in [0.29, 0.717) is 19.4 Å². The van der Waals surface area contributed by atoms with Crippen LogP contribution in [0, 0.1) is 11.7 Å². The molecular weight excluding hydrogens is 317 g/mol. The first-order chi connectivity index (χ1) is 11.4. The molecule has 0 spiro atoms. The van der Waals surface area contributed by atoms with Crippen LogP contribution < -0.4 is 4.74 Å². The first kappa shape index (κ1) is 17.9. The summed E-state index contributed by atoms with van der Waals surface area (Å²) < 4.78 is 18.4. The summed E-state index contributed by atoms with van der Waals surface area (Å²) >= 11 is 0. The molecule has 7 heteroatoms. The molecule has 24 heavy (non-hydrogen) atoms. The van der Waals surface area contributed by atoms with E-state index in [1.54, 1.807) is 0 Å². The predicted octanol–water partition coefficient (Wildman–Crippen LogP) is 2.12. The molecule has 0 radical (unpaired) electrons. The van der Waals surface area contributed by atoms with Crippen LogP contribution in [0.3, 0.4) is 0 Å². The maximum absolute atomic E-state index is 13.6. The van der Waals surface area contributed by atoms with Gasteiger partial charge in [0, 0.05) is 31.5 Å². The van der Waals surface area contributed by atoms with E-state index in [4.69, 9.17) is 9.84 Å². The third-order valence-electron chi connectivity index (χ3n) is 4.16. The lowest BCUT2D eigenvalue weighted by Crippen LogP contribution is -2.42. The van der Waals surface area contributed by atoms with E-state index in [9.17, 15) is 18.8 Å². The fraction of sp³-hybridized carbons (Fsp3) is 0.471. The molecule has 1 fully saturated rings. The van der Waals surface area contributed by atoms with Gasteiger partial charge in [0.25, 0.3) is 0 Å². The molecule has 1 N–H and O–H groups in total. The molecule has 1 aliphatic heterocycles. The third kappa shape index (κ3) is 4.31. The summed E-state index contributed by atoms with van der Waals surface area (Å²) in [5.41, 5.74) is 0.183. The number of ketones is 1. The first-order valence-electron chi connectivity index (χ1n) is 7.79. The molecule has 1 aromatic carbocycles. The second-order valence-electron chi connectivity index (χ2n) is 5.79. The van der Waals surface area contributed by atoms with Crippen LogP contribution in [0.25, 0.3) is 0 Å². The van der Waals surface area contributed by atoms with Crippen LogP contribution in [-0.4, -0.2) is 47.9 Å². The number of hydrogen-bond acceptors (Lipinski definition) is 4. The van der Waals surface area contributed by atoms with Crippen molar-refractivity contribution in [2.75, 3.05) is 20.2 Å². The molecule has 0 aliphatic carbocycles. The number of amides is 1. The van der Waals surface area contributed by atoms with Gasteiger partial charge in [-0.3, -0.25) is 14.4 Å². The molecule has 0 saturated carbocycles. The summed E-state index contributed by atoms with van der Waals surface area (Å²) in [6.45, 7) is 0.688. The summed E-state index contributed by atoms with van der Waals surface area (Å²) in [6.07, 6.45) is 1.14. The SMILES string of the molecule is COc1ccc(C(=O)CCC(=O)N2CCCC(C(=O)O)C2)cc1F. The number of halogens is 1. The zero-order valence-corrected chi connectivity index (χ0v) is 13.5. The van der Waals surface area contributed by atoms with Gasteiger partial charge in [-0.1, -0.05) is 0 Å². The fourth-order valence-corrected chi connectivity index (χ4v) is 2.77. The Morgan fingerprint density at radius 1 is 1.33 bits per heavy atom. The molecule has 1 aromatic rings. The van der Waals surface area contributed by atoms with Crippen LogP contribution in [0.15, 0.2) is 18.2 Å². The number of carbonyl (C=O) groups excluding carboxylic acids is 2. The highest BCUT2D eigenvalue weighted by Crippen LogP contribution is 2.20. The Hall–Kier alpha value is -2.44. The summed E-state index contributed by atoms with van der Waals surface area (Å²) in [5.74, 6) is -2.61. The van der Waals surface area contributed by atoms with Crippen molar-refractivity contribution < 1.29 is 28.6 Å². The number of carboxylic acid groups (broad SMARTS) is 1. The second-order valence-corrected chi connectivity index (χ2v) is 5.79. The van der Waals surface area contributed by atoms with Crippen molar-refractivity contribution in [3.63, 3.8) is 0 Å². The van der Waals surface area contributed by atoms with Crippen molar-refractivity contribution in [1.29, 1.82) is 0 Å². The van der Waals surface area contributed by atoms with Gasteiger partial charge in [0.1, 0.15) is 0 Å². The number of rotatable bonds is 6. The van der Waals surface area contributed by atoms with Crippen LogP contribution in [-0.2, 0) is 9.59 Å². The predicted molar refractivity (Wildman–Crippen MR) is 83.5 cm³/mol. The van der Waals surface area contributed by atoms with Gasteiger partial charge in [0.2, 0.25) is 5.91 Å². The molecule has 0 bridgehead atoms. The van der Waals surface area contributed by atoms with Gasteiger partial charge in [0.05, 0.1) is 13.0 Å². The van der Waals surface area contributed by atoms with Crippen molar-refractivity contribution >= 4 is 17.7 Å². The van der Waals surface area contributed by atoms with Crippen molar-refractivity contribution in [1.82, 2.24) is 4.90 Å². The number of benzene rings is 1. The highest BCUT2D eigenvalue weighted by Gasteiger charge is 2.28. The molecular formula is C17H20FNO5. The Morgan fingerprint density at radius 3 is 2.71 bits per heavy atom. The van der Waals surface area contributed by atoms with Crippen molar-refractivity contribution in [3.05, 3.63) is 29.6 Å². The normalized spacial score (nSPS) is 17.4.